The van der Waals surface area contributed by atoms with Gasteiger partial charge in [-0.2, -0.15) is 10.5 Å². The second-order valence-corrected chi connectivity index (χ2v) is 4.81. The lowest BCUT2D eigenvalue weighted by Crippen LogP contribution is -1.83. The number of nitriles is 2. The molecule has 0 saturated carbocycles. The van der Waals surface area contributed by atoms with Gasteiger partial charge >= 0.3 is 0 Å². The highest BCUT2D eigenvalue weighted by molar-refractivity contribution is 7.39. The molecular formula is C8H3N3OS2. The number of anilines is 1. The summed E-state index contributed by atoms with van der Waals surface area (Å²) < 4.78 is 0.716. The van der Waals surface area contributed by atoms with E-state index >= 15 is 0 Å². The topological polar surface area (TPSA) is 93.8 Å². The Hall–Kier alpha value is -1.76. The molecule has 0 bridgehead atoms. The molecule has 0 aliphatic heterocycles. The van der Waals surface area contributed by atoms with Crippen molar-refractivity contribution in [2.24, 2.45) is 0 Å². The van der Waals surface area contributed by atoms with E-state index in [4.69, 9.17) is 16.3 Å². The molecule has 2 rings (SSSR count). The Bertz CT molecular complexity index is 547. The Labute approximate surface area is 87.0 Å². The quantitative estimate of drug-likeness (QED) is 0.711. The van der Waals surface area contributed by atoms with E-state index in [1.807, 2.05) is 12.1 Å². The minimum atomic E-state index is -0.109. The second-order valence-electron chi connectivity index (χ2n) is 2.51. The van der Waals surface area contributed by atoms with Crippen molar-refractivity contribution in [3.8, 4) is 17.9 Å². The molecule has 2 aromatic heterocycles. The van der Waals surface area contributed by atoms with Crippen molar-refractivity contribution in [3.05, 3.63) is 9.75 Å². The number of nitrogen functional groups attached to an aromatic ring is 1. The van der Waals surface area contributed by atoms with Crippen LogP contribution in [0.15, 0.2) is 0 Å². The van der Waals surface area contributed by atoms with Crippen LogP contribution < -0.4 is 5.73 Å². The lowest BCUT2D eigenvalue weighted by atomic mass is 10.3. The van der Waals surface area contributed by atoms with Crippen molar-refractivity contribution in [2.45, 2.75) is 0 Å². The Kier molecular flexibility index (Phi) is 1.81. The van der Waals surface area contributed by atoms with Crippen LogP contribution in [0.3, 0.4) is 0 Å². The molecule has 3 N–H and O–H groups in total. The van der Waals surface area contributed by atoms with Crippen LogP contribution in [0.2, 0.25) is 0 Å². The number of nitrogens with zero attached hydrogens (tertiary/aromatic N) is 2. The van der Waals surface area contributed by atoms with E-state index in [1.54, 1.807) is 0 Å². The maximum absolute atomic E-state index is 9.58. The molecule has 2 heterocycles. The first-order valence-electron chi connectivity index (χ1n) is 3.53. The summed E-state index contributed by atoms with van der Waals surface area (Å²) in [7, 11) is 0. The maximum atomic E-state index is 9.58. The molecule has 0 spiro atoms. The number of hydrogen-bond acceptors (Lipinski definition) is 6. The summed E-state index contributed by atoms with van der Waals surface area (Å²) >= 11 is 2.35. The van der Waals surface area contributed by atoms with Gasteiger partial charge in [-0.1, -0.05) is 0 Å². The number of nitrogens with two attached hydrogens (primary N) is 1. The lowest BCUT2D eigenvalue weighted by molar-refractivity contribution is 0.482. The van der Waals surface area contributed by atoms with Crippen molar-refractivity contribution in [1.29, 1.82) is 10.5 Å². The highest BCUT2D eigenvalue weighted by Crippen LogP contribution is 2.45. The van der Waals surface area contributed by atoms with E-state index in [0.29, 0.717) is 14.3 Å². The van der Waals surface area contributed by atoms with Crippen molar-refractivity contribution in [3.63, 3.8) is 0 Å². The first-order valence-corrected chi connectivity index (χ1v) is 5.16. The fourth-order valence-corrected chi connectivity index (χ4v) is 3.29. The molecule has 68 valence electrons. The minimum absolute atomic E-state index is 0.109. The standard InChI is InChI=1S/C8H3N3OS2/c9-1-3-6(11)5-7(12)4(2-10)14-8(5)13-3/h12H,11H2. The number of fused-ring (bicyclic) bond motifs is 1. The first kappa shape index (κ1) is 8.82. The van der Waals surface area contributed by atoms with Crippen LogP contribution >= 0.6 is 22.7 Å². The van der Waals surface area contributed by atoms with Crippen molar-refractivity contribution in [2.75, 3.05) is 5.73 Å². The predicted octanol–water partition coefficient (Wildman–Crippen LogP) is 1.99. The van der Waals surface area contributed by atoms with Gasteiger partial charge < -0.3 is 10.8 Å². The molecule has 0 saturated heterocycles. The fourth-order valence-electron chi connectivity index (χ4n) is 1.13. The molecule has 0 aromatic carbocycles. The third-order valence-corrected chi connectivity index (χ3v) is 4.05. The summed E-state index contributed by atoms with van der Waals surface area (Å²) in [6.07, 6.45) is 0. The molecule has 4 nitrogen and oxygen atoms in total. The molecular weight excluding hydrogens is 218 g/mol. The van der Waals surface area contributed by atoms with E-state index < -0.39 is 0 Å². The molecule has 2 aromatic rings. The Morgan fingerprint density at radius 3 is 2.21 bits per heavy atom. The third-order valence-electron chi connectivity index (χ3n) is 1.76. The van der Waals surface area contributed by atoms with E-state index in [-0.39, 0.29) is 16.3 Å². The number of thiophene rings is 2. The van der Waals surface area contributed by atoms with E-state index in [9.17, 15) is 5.11 Å². The summed E-state index contributed by atoms with van der Waals surface area (Å²) in [4.78, 5) is 0.619. The van der Waals surface area contributed by atoms with Crippen LogP contribution in [0.25, 0.3) is 9.40 Å². The van der Waals surface area contributed by atoms with Crippen molar-refractivity contribution in [1.82, 2.24) is 0 Å². The molecule has 6 heteroatoms. The van der Waals surface area contributed by atoms with E-state index in [2.05, 4.69) is 0 Å². The Balaban J connectivity index is 2.90. The second kappa shape index (κ2) is 2.88. The van der Waals surface area contributed by atoms with E-state index in [1.165, 1.54) is 11.3 Å². The monoisotopic (exact) mass is 221 g/mol. The fraction of sp³-hybridized carbons (Fsp3) is 0. The molecule has 0 radical (unpaired) electrons. The maximum Gasteiger partial charge on any atom is 0.155 e. The van der Waals surface area contributed by atoms with Crippen molar-refractivity contribution >= 4 is 37.8 Å². The molecule has 0 aliphatic rings. The Morgan fingerprint density at radius 1 is 1.14 bits per heavy atom. The average Bonchev–Trinajstić information content (AvgIpc) is 2.65. The van der Waals surface area contributed by atoms with Crippen LogP contribution in [0.1, 0.15) is 9.75 Å². The summed E-state index contributed by atoms with van der Waals surface area (Å²) in [6.45, 7) is 0. The van der Waals surface area contributed by atoms with Crippen LogP contribution in [0, 0.1) is 22.7 Å². The zero-order chi connectivity index (χ0) is 10.3. The summed E-state index contributed by atoms with van der Waals surface area (Å²) in [5.41, 5.74) is 5.91. The number of rotatable bonds is 0. The zero-order valence-electron chi connectivity index (χ0n) is 6.74. The summed E-state index contributed by atoms with van der Waals surface area (Å²) in [6, 6.07) is 3.81. The average molecular weight is 221 g/mol. The van der Waals surface area contributed by atoms with Gasteiger partial charge in [0, 0.05) is 0 Å². The molecule has 0 amide bonds. The van der Waals surface area contributed by atoms with Crippen LogP contribution in [0.5, 0.6) is 5.75 Å². The van der Waals surface area contributed by atoms with Gasteiger partial charge in [0.15, 0.2) is 5.75 Å². The van der Waals surface area contributed by atoms with Gasteiger partial charge in [0.1, 0.15) is 21.9 Å². The first-order chi connectivity index (χ1) is 6.69. The highest BCUT2D eigenvalue weighted by Gasteiger charge is 2.18. The van der Waals surface area contributed by atoms with Gasteiger partial charge in [-0.25, -0.2) is 0 Å². The van der Waals surface area contributed by atoms with Crippen LogP contribution in [0.4, 0.5) is 5.69 Å². The number of hydrogen-bond donors (Lipinski definition) is 2. The number of aromatic hydroxyl groups is 1. The van der Waals surface area contributed by atoms with Gasteiger partial charge in [-0.05, 0) is 0 Å². The molecule has 14 heavy (non-hydrogen) atoms. The smallest absolute Gasteiger partial charge is 0.155 e. The normalized spacial score (nSPS) is 9.86. The summed E-state index contributed by atoms with van der Waals surface area (Å²) in [5.74, 6) is -0.109. The van der Waals surface area contributed by atoms with Crippen LogP contribution in [-0.2, 0) is 0 Å². The van der Waals surface area contributed by atoms with Crippen LogP contribution in [-0.4, -0.2) is 5.11 Å². The lowest BCUT2D eigenvalue weighted by Gasteiger charge is -1.88. The minimum Gasteiger partial charge on any atom is -0.505 e. The van der Waals surface area contributed by atoms with Crippen molar-refractivity contribution < 1.29 is 5.11 Å². The molecule has 0 fully saturated rings. The zero-order valence-corrected chi connectivity index (χ0v) is 8.37. The Morgan fingerprint density at radius 2 is 1.71 bits per heavy atom. The highest BCUT2D eigenvalue weighted by atomic mass is 32.2. The predicted molar refractivity (Wildman–Crippen MR) is 55.2 cm³/mol. The van der Waals surface area contributed by atoms with Gasteiger partial charge in [0.2, 0.25) is 0 Å². The van der Waals surface area contributed by atoms with Gasteiger partial charge in [0.05, 0.1) is 15.1 Å². The summed E-state index contributed by atoms with van der Waals surface area (Å²) in [5, 5.41) is 27.4. The van der Waals surface area contributed by atoms with Gasteiger partial charge in [-0.15, -0.1) is 22.7 Å². The molecule has 0 atom stereocenters. The van der Waals surface area contributed by atoms with Gasteiger partial charge in [-0.3, -0.25) is 0 Å². The third kappa shape index (κ3) is 0.956. The molecule has 0 unspecified atom stereocenters. The SMILES string of the molecule is N#Cc1sc2sc(C#N)c(O)c2c1N. The molecule has 0 aliphatic carbocycles. The van der Waals surface area contributed by atoms with E-state index in [0.717, 1.165) is 11.3 Å². The largest absolute Gasteiger partial charge is 0.505 e. The van der Waals surface area contributed by atoms with Gasteiger partial charge in [0.25, 0.3) is 0 Å².